The standard InChI is InChI=1S/C23H25F2N/c1-2-3-4-16-5-7-17(8-6-16)9-10-18-11-12-20-19(13-18)14-22(24)21(15-26)23(20)25/h5-8,14,18H,2-4,9-13H2,1H3. The summed E-state index contributed by atoms with van der Waals surface area (Å²) >= 11 is 0. The van der Waals surface area contributed by atoms with Crippen LogP contribution in [0.25, 0.3) is 0 Å². The monoisotopic (exact) mass is 353 g/mol. The number of nitriles is 1. The second-order valence-electron chi connectivity index (χ2n) is 7.36. The molecule has 0 spiro atoms. The van der Waals surface area contributed by atoms with Crippen molar-refractivity contribution in [1.82, 2.24) is 0 Å². The maximum absolute atomic E-state index is 14.3. The molecule has 0 fully saturated rings. The van der Waals surface area contributed by atoms with E-state index in [1.165, 1.54) is 30.0 Å². The molecule has 2 aromatic rings. The lowest BCUT2D eigenvalue weighted by atomic mass is 9.80. The third-order valence-corrected chi connectivity index (χ3v) is 5.52. The van der Waals surface area contributed by atoms with Crippen LogP contribution in [0.2, 0.25) is 0 Å². The molecule has 0 N–H and O–H groups in total. The summed E-state index contributed by atoms with van der Waals surface area (Å²) < 4.78 is 28.1. The van der Waals surface area contributed by atoms with E-state index in [0.29, 0.717) is 24.3 Å². The van der Waals surface area contributed by atoms with Crippen LogP contribution < -0.4 is 0 Å². The van der Waals surface area contributed by atoms with Crippen LogP contribution in [0.15, 0.2) is 30.3 Å². The first kappa shape index (κ1) is 18.6. The number of rotatable bonds is 6. The SMILES string of the molecule is CCCCc1ccc(CCC2CCc3c(cc(F)c(C#N)c3F)C2)cc1. The van der Waals surface area contributed by atoms with Gasteiger partial charge in [0.2, 0.25) is 0 Å². The second kappa shape index (κ2) is 8.45. The highest BCUT2D eigenvalue weighted by molar-refractivity contribution is 5.42. The molecular weight excluding hydrogens is 328 g/mol. The van der Waals surface area contributed by atoms with Gasteiger partial charge in [-0.1, -0.05) is 37.6 Å². The Morgan fingerprint density at radius 2 is 1.81 bits per heavy atom. The zero-order chi connectivity index (χ0) is 18.5. The largest absolute Gasteiger partial charge is 0.205 e. The highest BCUT2D eigenvalue weighted by Gasteiger charge is 2.25. The fourth-order valence-electron chi connectivity index (χ4n) is 3.90. The molecule has 136 valence electrons. The van der Waals surface area contributed by atoms with Crippen molar-refractivity contribution in [2.24, 2.45) is 5.92 Å². The van der Waals surface area contributed by atoms with Gasteiger partial charge in [-0.3, -0.25) is 0 Å². The molecule has 0 heterocycles. The van der Waals surface area contributed by atoms with E-state index < -0.39 is 17.2 Å². The van der Waals surface area contributed by atoms with Gasteiger partial charge in [-0.05, 0) is 79.2 Å². The summed E-state index contributed by atoms with van der Waals surface area (Å²) in [5.74, 6) is -0.940. The van der Waals surface area contributed by atoms with Gasteiger partial charge in [-0.25, -0.2) is 8.78 Å². The highest BCUT2D eigenvalue weighted by Crippen LogP contribution is 2.32. The fourth-order valence-corrected chi connectivity index (χ4v) is 3.90. The number of nitrogens with zero attached hydrogens (tertiary/aromatic N) is 1. The van der Waals surface area contributed by atoms with E-state index in [-0.39, 0.29) is 0 Å². The molecule has 0 bridgehead atoms. The molecule has 0 amide bonds. The Labute approximate surface area is 154 Å². The molecule has 0 aromatic heterocycles. The van der Waals surface area contributed by atoms with E-state index in [2.05, 4.69) is 31.2 Å². The van der Waals surface area contributed by atoms with Crippen LogP contribution in [0.1, 0.15) is 60.4 Å². The number of hydrogen-bond donors (Lipinski definition) is 0. The van der Waals surface area contributed by atoms with Gasteiger partial charge in [0.15, 0.2) is 0 Å². The fraction of sp³-hybridized carbons (Fsp3) is 0.435. The second-order valence-corrected chi connectivity index (χ2v) is 7.36. The Morgan fingerprint density at radius 1 is 1.12 bits per heavy atom. The van der Waals surface area contributed by atoms with Crippen LogP contribution in [-0.2, 0) is 25.7 Å². The van der Waals surface area contributed by atoms with Crippen molar-refractivity contribution in [1.29, 1.82) is 5.26 Å². The Hall–Kier alpha value is -2.21. The molecule has 0 saturated carbocycles. The maximum atomic E-state index is 14.3. The molecule has 1 nitrogen and oxygen atoms in total. The first-order chi connectivity index (χ1) is 12.6. The summed E-state index contributed by atoms with van der Waals surface area (Å²) in [4.78, 5) is 0. The molecule has 1 aliphatic rings. The topological polar surface area (TPSA) is 23.8 Å². The lowest BCUT2D eigenvalue weighted by Gasteiger charge is -2.25. The molecule has 26 heavy (non-hydrogen) atoms. The lowest BCUT2D eigenvalue weighted by molar-refractivity contribution is 0.415. The first-order valence-corrected chi connectivity index (χ1v) is 9.60. The smallest absolute Gasteiger partial charge is 0.147 e. The molecule has 1 unspecified atom stereocenters. The molecule has 1 atom stereocenters. The highest BCUT2D eigenvalue weighted by atomic mass is 19.1. The minimum Gasteiger partial charge on any atom is -0.205 e. The van der Waals surface area contributed by atoms with Crippen molar-refractivity contribution in [2.75, 3.05) is 0 Å². The summed E-state index contributed by atoms with van der Waals surface area (Å²) in [7, 11) is 0. The number of halogens is 2. The van der Waals surface area contributed by atoms with Crippen molar-refractivity contribution in [3.8, 4) is 6.07 Å². The van der Waals surface area contributed by atoms with Gasteiger partial charge in [-0.15, -0.1) is 0 Å². The summed E-state index contributed by atoms with van der Waals surface area (Å²) in [6.07, 6.45) is 7.78. The zero-order valence-corrected chi connectivity index (χ0v) is 15.3. The first-order valence-electron chi connectivity index (χ1n) is 9.60. The Bertz CT molecular complexity index is 802. The van der Waals surface area contributed by atoms with E-state index in [0.717, 1.165) is 31.2 Å². The zero-order valence-electron chi connectivity index (χ0n) is 15.3. The molecule has 3 rings (SSSR count). The van der Waals surface area contributed by atoms with Gasteiger partial charge < -0.3 is 0 Å². The van der Waals surface area contributed by atoms with E-state index in [1.807, 2.05) is 0 Å². The van der Waals surface area contributed by atoms with Gasteiger partial charge in [0.1, 0.15) is 23.3 Å². The maximum Gasteiger partial charge on any atom is 0.147 e. The Kier molecular flexibility index (Phi) is 6.04. The minimum atomic E-state index is -0.730. The lowest BCUT2D eigenvalue weighted by Crippen LogP contribution is -2.17. The molecular formula is C23H25F2N. The molecule has 1 aliphatic carbocycles. The molecule has 0 radical (unpaired) electrons. The van der Waals surface area contributed by atoms with Gasteiger partial charge in [-0.2, -0.15) is 5.26 Å². The number of aryl methyl sites for hydroxylation is 2. The number of hydrogen-bond acceptors (Lipinski definition) is 1. The van der Waals surface area contributed by atoms with E-state index in [4.69, 9.17) is 5.26 Å². The van der Waals surface area contributed by atoms with Crippen molar-refractivity contribution >= 4 is 0 Å². The van der Waals surface area contributed by atoms with Gasteiger partial charge in [0, 0.05) is 0 Å². The number of benzene rings is 2. The Balaban J connectivity index is 1.61. The molecule has 0 aliphatic heterocycles. The van der Waals surface area contributed by atoms with Crippen LogP contribution in [0.4, 0.5) is 8.78 Å². The van der Waals surface area contributed by atoms with Gasteiger partial charge in [0.05, 0.1) is 0 Å². The third kappa shape index (κ3) is 4.12. The summed E-state index contributed by atoms with van der Waals surface area (Å²) in [6, 6.07) is 11.9. The van der Waals surface area contributed by atoms with Crippen molar-refractivity contribution in [3.05, 3.63) is 69.8 Å². The Morgan fingerprint density at radius 3 is 2.46 bits per heavy atom. The normalized spacial score (nSPS) is 16.2. The van der Waals surface area contributed by atoms with Crippen LogP contribution in [0.3, 0.4) is 0 Å². The number of unbranched alkanes of at least 4 members (excludes halogenated alkanes) is 1. The van der Waals surface area contributed by atoms with Crippen LogP contribution >= 0.6 is 0 Å². The molecule has 0 saturated heterocycles. The predicted molar refractivity (Wildman–Crippen MR) is 100.0 cm³/mol. The van der Waals surface area contributed by atoms with Crippen molar-refractivity contribution in [3.63, 3.8) is 0 Å². The minimum absolute atomic E-state index is 0.439. The summed E-state index contributed by atoms with van der Waals surface area (Å²) in [5, 5.41) is 8.90. The van der Waals surface area contributed by atoms with Crippen LogP contribution in [0, 0.1) is 28.9 Å². The average Bonchev–Trinajstić information content (AvgIpc) is 2.65. The third-order valence-electron chi connectivity index (χ3n) is 5.52. The van der Waals surface area contributed by atoms with E-state index in [9.17, 15) is 8.78 Å². The van der Waals surface area contributed by atoms with Crippen LogP contribution in [-0.4, -0.2) is 0 Å². The molecule has 3 heteroatoms. The van der Waals surface area contributed by atoms with Gasteiger partial charge in [0.25, 0.3) is 0 Å². The van der Waals surface area contributed by atoms with Crippen molar-refractivity contribution in [2.45, 2.75) is 58.3 Å². The van der Waals surface area contributed by atoms with E-state index in [1.54, 1.807) is 6.07 Å². The summed E-state index contributed by atoms with van der Waals surface area (Å²) in [5.41, 5.74) is 3.56. The van der Waals surface area contributed by atoms with Crippen molar-refractivity contribution < 1.29 is 8.78 Å². The average molecular weight is 353 g/mol. The quantitative estimate of drug-likeness (QED) is 0.632. The summed E-state index contributed by atoms with van der Waals surface area (Å²) in [6.45, 7) is 2.20. The molecule has 2 aromatic carbocycles. The van der Waals surface area contributed by atoms with Crippen LogP contribution in [0.5, 0.6) is 0 Å². The van der Waals surface area contributed by atoms with Gasteiger partial charge >= 0.3 is 0 Å². The number of fused-ring (bicyclic) bond motifs is 1. The predicted octanol–water partition coefficient (Wildman–Crippen LogP) is 5.92. The van der Waals surface area contributed by atoms with E-state index >= 15 is 0 Å².